The number of amidine groups is 1. The van der Waals surface area contributed by atoms with Crippen LogP contribution in [-0.2, 0) is 20.7 Å². The molecule has 1 unspecified atom stereocenters. The number of ether oxygens (including phenoxy) is 1. The largest absolute Gasteiger partial charge is 0.462 e. The molecule has 1 aliphatic rings. The number of hydrogen-bond acceptors (Lipinski definition) is 6. The normalized spacial score (nSPS) is 16.4. The van der Waals surface area contributed by atoms with E-state index in [1.54, 1.807) is 72.5 Å². The van der Waals surface area contributed by atoms with Crippen molar-refractivity contribution < 1.29 is 19.1 Å². The highest BCUT2D eigenvalue weighted by Gasteiger charge is 2.35. The van der Waals surface area contributed by atoms with Crippen LogP contribution in [0.4, 0.5) is 11.4 Å². The van der Waals surface area contributed by atoms with E-state index in [9.17, 15) is 14.4 Å². The van der Waals surface area contributed by atoms with Gasteiger partial charge in [-0.25, -0.2) is 9.79 Å². The number of rotatable bonds is 8. The van der Waals surface area contributed by atoms with Gasteiger partial charge in [-0.15, -0.1) is 0 Å². The van der Waals surface area contributed by atoms with Crippen LogP contribution in [0.15, 0.2) is 77.8 Å². The van der Waals surface area contributed by atoms with Crippen LogP contribution in [0.2, 0.25) is 10.0 Å². The summed E-state index contributed by atoms with van der Waals surface area (Å²) in [5.41, 5.74) is 2.52. The zero-order valence-electron chi connectivity index (χ0n) is 20.5. The SMILES string of the molecule is CCOC(=O)c1ccc(N=C2SC(C(=O)Nc3cccc(Cl)c3)CC(=O)N2CCc2ccc(Cl)cc2)cc1. The van der Waals surface area contributed by atoms with Crippen molar-refractivity contribution in [3.63, 3.8) is 0 Å². The molecular weight excluding hydrogens is 545 g/mol. The topological polar surface area (TPSA) is 88.1 Å². The molecule has 1 fully saturated rings. The van der Waals surface area contributed by atoms with Gasteiger partial charge in [0.2, 0.25) is 11.8 Å². The molecule has 0 aliphatic carbocycles. The first-order valence-electron chi connectivity index (χ1n) is 12.0. The summed E-state index contributed by atoms with van der Waals surface area (Å²) >= 11 is 13.3. The predicted octanol–water partition coefficient (Wildman–Crippen LogP) is 6.37. The van der Waals surface area contributed by atoms with Gasteiger partial charge in [0.1, 0.15) is 5.25 Å². The van der Waals surface area contributed by atoms with E-state index in [-0.39, 0.29) is 24.8 Å². The monoisotopic (exact) mass is 569 g/mol. The zero-order valence-corrected chi connectivity index (χ0v) is 22.9. The molecule has 38 heavy (non-hydrogen) atoms. The molecule has 1 saturated heterocycles. The van der Waals surface area contributed by atoms with E-state index in [4.69, 9.17) is 27.9 Å². The Kier molecular flexibility index (Phi) is 9.44. The summed E-state index contributed by atoms with van der Waals surface area (Å²) in [6.07, 6.45) is 0.613. The molecule has 3 aromatic carbocycles. The van der Waals surface area contributed by atoms with E-state index in [0.717, 1.165) is 5.56 Å². The molecule has 0 bridgehead atoms. The summed E-state index contributed by atoms with van der Waals surface area (Å²) in [4.78, 5) is 44.6. The van der Waals surface area contributed by atoms with Gasteiger partial charge < -0.3 is 10.1 Å². The Bertz CT molecular complexity index is 1350. The number of halogens is 2. The Morgan fingerprint density at radius 1 is 1.05 bits per heavy atom. The maximum atomic E-state index is 13.3. The first kappa shape index (κ1) is 27.7. The summed E-state index contributed by atoms with van der Waals surface area (Å²) in [5.74, 6) is -0.935. The third kappa shape index (κ3) is 7.37. The van der Waals surface area contributed by atoms with Crippen molar-refractivity contribution in [2.24, 2.45) is 4.99 Å². The minimum absolute atomic E-state index is 0.0263. The van der Waals surface area contributed by atoms with E-state index in [2.05, 4.69) is 10.3 Å². The lowest BCUT2D eigenvalue weighted by Gasteiger charge is -2.32. The predicted molar refractivity (Wildman–Crippen MR) is 152 cm³/mol. The average Bonchev–Trinajstić information content (AvgIpc) is 2.89. The van der Waals surface area contributed by atoms with Gasteiger partial charge in [0.05, 0.1) is 17.9 Å². The molecule has 4 rings (SSSR count). The molecule has 0 spiro atoms. The zero-order chi connectivity index (χ0) is 27.1. The highest BCUT2D eigenvalue weighted by atomic mass is 35.5. The maximum absolute atomic E-state index is 13.3. The van der Waals surface area contributed by atoms with Gasteiger partial charge in [-0.2, -0.15) is 0 Å². The summed E-state index contributed by atoms with van der Waals surface area (Å²) in [6, 6.07) is 20.9. The van der Waals surface area contributed by atoms with E-state index in [1.165, 1.54) is 11.8 Å². The molecule has 1 atom stereocenters. The molecule has 3 aromatic rings. The van der Waals surface area contributed by atoms with Gasteiger partial charge in [0, 0.05) is 28.7 Å². The molecule has 7 nitrogen and oxygen atoms in total. The number of thioether (sulfide) groups is 1. The first-order chi connectivity index (χ1) is 18.3. The second-order valence-corrected chi connectivity index (χ2v) is 10.4. The molecule has 0 aromatic heterocycles. The Morgan fingerprint density at radius 2 is 1.79 bits per heavy atom. The standard InChI is InChI=1S/C28H25Cl2N3O4S/c1-2-37-27(36)19-8-12-22(13-9-19)32-28-33(15-14-18-6-10-20(29)11-7-18)25(34)17-24(38-28)26(35)31-23-5-3-4-21(30)16-23/h3-13,16,24H,2,14-15,17H2,1H3,(H,31,35). The van der Waals surface area contributed by atoms with Crippen molar-refractivity contribution >= 4 is 69.3 Å². The van der Waals surface area contributed by atoms with Crippen LogP contribution in [0.1, 0.15) is 29.3 Å². The Balaban J connectivity index is 1.56. The van der Waals surface area contributed by atoms with E-state index >= 15 is 0 Å². The summed E-state index contributed by atoms with van der Waals surface area (Å²) in [6.45, 7) is 2.41. The molecule has 196 valence electrons. The van der Waals surface area contributed by atoms with Crippen LogP contribution in [0.3, 0.4) is 0 Å². The van der Waals surface area contributed by atoms with Gasteiger partial charge in [-0.1, -0.05) is 53.2 Å². The fraction of sp³-hybridized carbons (Fsp3) is 0.214. The number of esters is 1. The van der Waals surface area contributed by atoms with Crippen LogP contribution >= 0.6 is 35.0 Å². The number of carbonyl (C=O) groups excluding carboxylic acids is 3. The second-order valence-electron chi connectivity index (χ2n) is 8.39. The minimum atomic E-state index is -0.675. The lowest BCUT2D eigenvalue weighted by molar-refractivity contribution is -0.129. The number of anilines is 1. The average molecular weight is 570 g/mol. The Labute approximate surface area is 235 Å². The molecule has 1 heterocycles. The van der Waals surface area contributed by atoms with Crippen molar-refractivity contribution in [1.29, 1.82) is 0 Å². The molecule has 2 amide bonds. The van der Waals surface area contributed by atoms with Gasteiger partial charge in [0.15, 0.2) is 5.17 Å². The number of carbonyl (C=O) groups is 3. The fourth-order valence-corrected chi connectivity index (χ4v) is 5.18. The summed E-state index contributed by atoms with van der Waals surface area (Å²) in [7, 11) is 0. The van der Waals surface area contributed by atoms with Gasteiger partial charge >= 0.3 is 5.97 Å². The maximum Gasteiger partial charge on any atom is 0.338 e. The minimum Gasteiger partial charge on any atom is -0.462 e. The molecule has 0 saturated carbocycles. The summed E-state index contributed by atoms with van der Waals surface area (Å²) < 4.78 is 5.03. The van der Waals surface area contributed by atoms with Crippen molar-refractivity contribution in [2.75, 3.05) is 18.5 Å². The first-order valence-corrected chi connectivity index (χ1v) is 13.6. The highest BCUT2D eigenvalue weighted by molar-refractivity contribution is 8.15. The number of amides is 2. The third-order valence-electron chi connectivity index (χ3n) is 5.66. The number of hydrogen-bond donors (Lipinski definition) is 1. The number of nitrogens with zero attached hydrogens (tertiary/aromatic N) is 2. The lowest BCUT2D eigenvalue weighted by atomic mass is 10.1. The number of aliphatic imine (C=N–C) groups is 1. The van der Waals surface area contributed by atoms with E-state index < -0.39 is 11.2 Å². The Hall–Kier alpha value is -3.33. The molecule has 1 N–H and O–H groups in total. The Morgan fingerprint density at radius 3 is 2.47 bits per heavy atom. The fourth-order valence-electron chi connectivity index (χ4n) is 3.74. The molecule has 0 radical (unpaired) electrons. The van der Waals surface area contributed by atoms with Crippen LogP contribution in [0.25, 0.3) is 0 Å². The van der Waals surface area contributed by atoms with Crippen molar-refractivity contribution in [3.8, 4) is 0 Å². The van der Waals surface area contributed by atoms with Gasteiger partial charge in [-0.3, -0.25) is 14.5 Å². The summed E-state index contributed by atoms with van der Waals surface area (Å²) in [5, 5.41) is 3.70. The molecular formula is C28H25Cl2N3O4S. The van der Waals surface area contributed by atoms with Crippen molar-refractivity contribution in [1.82, 2.24) is 4.90 Å². The second kappa shape index (κ2) is 13.0. The van der Waals surface area contributed by atoms with E-state index in [1.807, 2.05) is 12.1 Å². The van der Waals surface area contributed by atoms with Gasteiger partial charge in [0.25, 0.3) is 0 Å². The van der Waals surface area contributed by atoms with Crippen LogP contribution in [0.5, 0.6) is 0 Å². The molecule has 10 heteroatoms. The number of nitrogens with one attached hydrogen (secondary N) is 1. The van der Waals surface area contributed by atoms with Crippen molar-refractivity contribution in [2.45, 2.75) is 25.0 Å². The quantitative estimate of drug-likeness (QED) is 0.318. The van der Waals surface area contributed by atoms with Crippen LogP contribution in [-0.4, -0.2) is 46.3 Å². The van der Waals surface area contributed by atoms with Gasteiger partial charge in [-0.05, 0) is 73.5 Å². The smallest absolute Gasteiger partial charge is 0.338 e. The van der Waals surface area contributed by atoms with E-state index in [0.29, 0.717) is 45.1 Å². The van der Waals surface area contributed by atoms with Crippen molar-refractivity contribution in [3.05, 3.63) is 94.0 Å². The lowest BCUT2D eigenvalue weighted by Crippen LogP contribution is -2.46. The van der Waals surface area contributed by atoms with Crippen LogP contribution in [0, 0.1) is 0 Å². The third-order valence-corrected chi connectivity index (χ3v) is 7.34. The highest BCUT2D eigenvalue weighted by Crippen LogP contribution is 2.30. The number of benzene rings is 3. The molecule has 1 aliphatic heterocycles. The van der Waals surface area contributed by atoms with Crippen LogP contribution < -0.4 is 5.32 Å².